The van der Waals surface area contributed by atoms with Crippen LogP contribution in [-0.2, 0) is 44.5 Å². The van der Waals surface area contributed by atoms with Crippen molar-refractivity contribution in [3.05, 3.63) is 54.8 Å². The quantitative estimate of drug-likeness (QED) is 0.482. The van der Waals surface area contributed by atoms with E-state index in [4.69, 9.17) is 24.2 Å². The molecular formula is C14H12CrO5. The Hall–Kier alpha value is -1.55. The molecule has 0 fully saturated rings. The number of hydrogen-bond donors (Lipinski definition) is 2. The molecule has 5 nitrogen and oxygen atoms in total. The van der Waals surface area contributed by atoms with Gasteiger partial charge in [-0.15, -0.1) is 5.92 Å². The zero-order chi connectivity index (χ0) is 15.7. The Morgan fingerprint density at radius 1 is 0.950 bits per heavy atom. The van der Waals surface area contributed by atoms with Crippen molar-refractivity contribution in [2.75, 3.05) is 0 Å². The van der Waals surface area contributed by atoms with Crippen LogP contribution >= 0.6 is 0 Å². The van der Waals surface area contributed by atoms with Crippen LogP contribution in [0.5, 0.6) is 0 Å². The van der Waals surface area contributed by atoms with Gasteiger partial charge in [0.2, 0.25) is 0 Å². The van der Waals surface area contributed by atoms with Gasteiger partial charge in [-0.1, -0.05) is 24.1 Å². The van der Waals surface area contributed by atoms with E-state index in [2.05, 4.69) is 31.8 Å². The SMILES string of the molecule is CC#Cc1c(CO)cccc1CO.[C-]#[O+].[C-]#[O+].[C-]#[O+].[Cr]. The van der Waals surface area contributed by atoms with Crippen LogP contribution in [0, 0.1) is 31.8 Å². The molecule has 104 valence electrons. The molecule has 0 unspecified atom stereocenters. The Morgan fingerprint density at radius 3 is 1.55 bits per heavy atom. The zero-order valence-corrected chi connectivity index (χ0v) is 11.9. The van der Waals surface area contributed by atoms with E-state index in [1.54, 1.807) is 25.1 Å². The normalized spacial score (nSPS) is 6.25. The first kappa shape index (κ1) is 26.9. The molecule has 0 saturated carbocycles. The van der Waals surface area contributed by atoms with Crippen LogP contribution in [0.2, 0.25) is 0 Å². The molecule has 6 heteroatoms. The molecule has 1 rings (SSSR count). The third kappa shape index (κ3) is 10.4. The van der Waals surface area contributed by atoms with Crippen molar-refractivity contribution in [1.29, 1.82) is 0 Å². The topological polar surface area (TPSA) is 100 Å². The molecule has 0 aliphatic heterocycles. The Kier molecular flexibility index (Phi) is 30.4. The second kappa shape index (κ2) is 22.6. The van der Waals surface area contributed by atoms with Crippen LogP contribution in [0.15, 0.2) is 18.2 Å². The third-order valence-corrected chi connectivity index (χ3v) is 1.83. The van der Waals surface area contributed by atoms with Gasteiger partial charge < -0.3 is 10.2 Å². The van der Waals surface area contributed by atoms with Crippen molar-refractivity contribution in [3.8, 4) is 11.8 Å². The molecule has 0 aliphatic rings. The average Bonchev–Trinajstić information content (AvgIpc) is 2.53. The van der Waals surface area contributed by atoms with Crippen LogP contribution in [0.4, 0.5) is 0 Å². The van der Waals surface area contributed by atoms with Crippen LogP contribution < -0.4 is 0 Å². The van der Waals surface area contributed by atoms with Crippen LogP contribution in [0.25, 0.3) is 0 Å². The first-order valence-corrected chi connectivity index (χ1v) is 4.70. The fraction of sp³-hybridized carbons (Fsp3) is 0.214. The number of hydrogen-bond acceptors (Lipinski definition) is 2. The van der Waals surface area contributed by atoms with Gasteiger partial charge in [-0.3, -0.25) is 0 Å². The predicted molar refractivity (Wildman–Crippen MR) is 62.6 cm³/mol. The van der Waals surface area contributed by atoms with Gasteiger partial charge in [-0.2, -0.15) is 0 Å². The van der Waals surface area contributed by atoms with Gasteiger partial charge in [0.05, 0.1) is 13.2 Å². The van der Waals surface area contributed by atoms with Crippen molar-refractivity contribution < 1.29 is 41.5 Å². The molecule has 2 N–H and O–H groups in total. The van der Waals surface area contributed by atoms with Gasteiger partial charge in [0.25, 0.3) is 0 Å². The summed E-state index contributed by atoms with van der Waals surface area (Å²) in [7, 11) is 0. The summed E-state index contributed by atoms with van der Waals surface area (Å²) < 4.78 is 22.5. The first-order chi connectivity index (χ1) is 9.33. The summed E-state index contributed by atoms with van der Waals surface area (Å²) >= 11 is 0. The third-order valence-electron chi connectivity index (χ3n) is 1.83. The Labute approximate surface area is 128 Å². The molecule has 0 aliphatic carbocycles. The molecule has 1 aromatic rings. The van der Waals surface area contributed by atoms with Crippen molar-refractivity contribution in [3.63, 3.8) is 0 Å². The number of aliphatic hydroxyl groups is 2. The standard InChI is InChI=1S/C11H12O2.3CO.Cr/c1-2-4-11-9(7-12)5-3-6-10(11)8-13;3*1-2;/h3,5-6,12-13H,7-8H2,1H3;;;;. The second-order valence-corrected chi connectivity index (χ2v) is 2.64. The molecule has 0 spiro atoms. The van der Waals surface area contributed by atoms with Crippen LogP contribution in [0.1, 0.15) is 23.6 Å². The van der Waals surface area contributed by atoms with Crippen molar-refractivity contribution in [2.45, 2.75) is 20.1 Å². The van der Waals surface area contributed by atoms with E-state index in [9.17, 15) is 0 Å². The summed E-state index contributed by atoms with van der Waals surface area (Å²) in [4.78, 5) is 0. The summed E-state index contributed by atoms with van der Waals surface area (Å²) in [5.41, 5.74) is 2.27. The van der Waals surface area contributed by atoms with Crippen molar-refractivity contribution in [2.24, 2.45) is 0 Å². The molecule has 1 aromatic carbocycles. The number of rotatable bonds is 2. The molecule has 0 saturated heterocycles. The number of benzene rings is 1. The monoisotopic (exact) mass is 312 g/mol. The largest absolute Gasteiger partial charge is 0 e. The minimum atomic E-state index is -0.0438. The summed E-state index contributed by atoms with van der Waals surface area (Å²) in [6.45, 7) is 15.1. The molecule has 0 atom stereocenters. The van der Waals surface area contributed by atoms with E-state index in [1.807, 2.05) is 0 Å². The van der Waals surface area contributed by atoms with Crippen molar-refractivity contribution >= 4 is 0 Å². The van der Waals surface area contributed by atoms with Gasteiger partial charge in [0, 0.05) is 22.9 Å². The van der Waals surface area contributed by atoms with E-state index in [0.717, 1.165) is 16.7 Å². The van der Waals surface area contributed by atoms with Crippen LogP contribution in [0.3, 0.4) is 0 Å². The average molecular weight is 312 g/mol. The minimum absolute atomic E-state index is 0. The van der Waals surface area contributed by atoms with E-state index in [1.165, 1.54) is 0 Å². The van der Waals surface area contributed by atoms with E-state index >= 15 is 0 Å². The predicted octanol–water partition coefficient (Wildman–Crippen LogP) is 0.928. The first-order valence-electron chi connectivity index (χ1n) is 4.70. The molecule has 0 aromatic heterocycles. The smallest absolute Gasteiger partial charge is 0 e. The van der Waals surface area contributed by atoms with E-state index < -0.39 is 0 Å². The van der Waals surface area contributed by atoms with E-state index in [-0.39, 0.29) is 30.6 Å². The maximum absolute atomic E-state index is 9.02. The Morgan fingerprint density at radius 2 is 1.30 bits per heavy atom. The molecule has 0 radical (unpaired) electrons. The molecule has 0 heterocycles. The maximum atomic E-state index is 9.02. The zero-order valence-electron chi connectivity index (χ0n) is 10.7. The summed E-state index contributed by atoms with van der Waals surface area (Å²) in [6, 6.07) is 5.41. The maximum Gasteiger partial charge on any atom is 0 e. The Balaban J connectivity index is -0.000000162. The fourth-order valence-corrected chi connectivity index (χ4v) is 1.20. The molecule has 0 bridgehead atoms. The van der Waals surface area contributed by atoms with Gasteiger partial charge in [0.15, 0.2) is 0 Å². The molecule has 0 amide bonds. The minimum Gasteiger partial charge on any atom is 0 e. The Bertz CT molecular complexity index is 429. The summed E-state index contributed by atoms with van der Waals surface area (Å²) in [5.74, 6) is 5.64. The summed E-state index contributed by atoms with van der Waals surface area (Å²) in [5, 5.41) is 18.0. The van der Waals surface area contributed by atoms with E-state index in [0.29, 0.717) is 0 Å². The van der Waals surface area contributed by atoms with Gasteiger partial charge in [0.1, 0.15) is 0 Å². The van der Waals surface area contributed by atoms with Crippen LogP contribution in [-0.4, -0.2) is 10.2 Å². The number of aliphatic hydroxyl groups excluding tert-OH is 2. The molecular weight excluding hydrogens is 300 g/mol. The van der Waals surface area contributed by atoms with Crippen molar-refractivity contribution in [1.82, 2.24) is 0 Å². The summed E-state index contributed by atoms with van der Waals surface area (Å²) in [6.07, 6.45) is 0. The van der Waals surface area contributed by atoms with Gasteiger partial charge in [-0.25, -0.2) is 0 Å². The van der Waals surface area contributed by atoms with Gasteiger partial charge in [-0.05, 0) is 18.1 Å². The fourth-order valence-electron chi connectivity index (χ4n) is 1.20. The second-order valence-electron chi connectivity index (χ2n) is 2.64. The van der Waals surface area contributed by atoms with Gasteiger partial charge >= 0.3 is 33.9 Å². The molecule has 20 heavy (non-hydrogen) atoms.